The predicted octanol–water partition coefficient (Wildman–Crippen LogP) is 10.8. The first kappa shape index (κ1) is 30.9. The predicted molar refractivity (Wildman–Crippen MR) is 214 cm³/mol. The minimum Gasteiger partial charge on any atom is -0.309 e. The third-order valence-corrected chi connectivity index (χ3v) is 10.0. The number of hydrogen-bond acceptors (Lipinski definition) is 5. The Balaban J connectivity index is 1.24. The van der Waals surface area contributed by atoms with Gasteiger partial charge in [0.1, 0.15) is 6.07 Å². The van der Waals surface area contributed by atoms with Crippen molar-refractivity contribution in [3.05, 3.63) is 175 Å². The van der Waals surface area contributed by atoms with Gasteiger partial charge >= 0.3 is 0 Å². The van der Waals surface area contributed by atoms with E-state index in [4.69, 9.17) is 15.0 Å². The third-order valence-electron chi connectivity index (χ3n) is 10.0. The molecule has 7 aromatic carbocycles. The standard InChI is InChI=1S/C47H27N7/c48-28-32-27-42(33(29-49)26-37(32)47-51-45(30-14-4-1-5-15-30)50-46(52-47)31-16-6-2-7-17-31)54-39-23-13-11-21-36(39)44-41(54)25-24-40-43(44)35-20-10-12-22-38(35)53(40)34-18-8-3-9-19-34/h1-27H. The molecule has 0 aliphatic carbocycles. The fourth-order valence-corrected chi connectivity index (χ4v) is 7.70. The van der Waals surface area contributed by atoms with Crippen LogP contribution in [0.25, 0.3) is 89.2 Å². The summed E-state index contributed by atoms with van der Waals surface area (Å²) in [7, 11) is 0. The molecule has 0 N–H and O–H groups in total. The molecule has 10 rings (SSSR count). The zero-order chi connectivity index (χ0) is 36.2. The molecule has 0 saturated carbocycles. The van der Waals surface area contributed by atoms with Crippen molar-refractivity contribution in [3.8, 4) is 57.7 Å². The second-order valence-corrected chi connectivity index (χ2v) is 13.1. The molecule has 0 saturated heterocycles. The summed E-state index contributed by atoms with van der Waals surface area (Å²) in [5.74, 6) is 1.28. The van der Waals surface area contributed by atoms with Gasteiger partial charge in [0, 0.05) is 43.9 Å². The molecule has 10 aromatic rings. The van der Waals surface area contributed by atoms with Crippen molar-refractivity contribution in [2.24, 2.45) is 0 Å². The number of aromatic nitrogens is 5. The van der Waals surface area contributed by atoms with Crippen molar-refractivity contribution in [2.75, 3.05) is 0 Å². The van der Waals surface area contributed by atoms with E-state index in [9.17, 15) is 10.5 Å². The van der Waals surface area contributed by atoms with E-state index < -0.39 is 0 Å². The molecule has 0 amide bonds. The van der Waals surface area contributed by atoms with Gasteiger partial charge in [0.2, 0.25) is 0 Å². The molecular weight excluding hydrogens is 663 g/mol. The molecule has 54 heavy (non-hydrogen) atoms. The number of nitrogens with zero attached hydrogens (tertiary/aromatic N) is 7. The minimum absolute atomic E-state index is 0.319. The van der Waals surface area contributed by atoms with Gasteiger partial charge in [-0.3, -0.25) is 0 Å². The molecule has 3 heterocycles. The average Bonchev–Trinajstić information content (AvgIpc) is 3.77. The van der Waals surface area contributed by atoms with E-state index in [0.29, 0.717) is 39.9 Å². The molecule has 7 heteroatoms. The molecule has 0 radical (unpaired) electrons. The maximum absolute atomic E-state index is 10.8. The number of benzene rings is 7. The summed E-state index contributed by atoms with van der Waals surface area (Å²) < 4.78 is 4.42. The van der Waals surface area contributed by atoms with Gasteiger partial charge in [-0.05, 0) is 48.5 Å². The van der Waals surface area contributed by atoms with Gasteiger partial charge in [-0.25, -0.2) is 15.0 Å². The Morgan fingerprint density at radius 1 is 0.407 bits per heavy atom. The first-order chi connectivity index (χ1) is 26.7. The van der Waals surface area contributed by atoms with Crippen LogP contribution in [-0.4, -0.2) is 24.1 Å². The van der Waals surface area contributed by atoms with Crippen molar-refractivity contribution >= 4 is 43.6 Å². The second kappa shape index (κ2) is 12.4. The topological polar surface area (TPSA) is 96.1 Å². The first-order valence-electron chi connectivity index (χ1n) is 17.6. The Morgan fingerprint density at radius 2 is 0.870 bits per heavy atom. The van der Waals surface area contributed by atoms with E-state index in [1.165, 1.54) is 0 Å². The molecule has 0 unspecified atom stereocenters. The molecule has 0 aliphatic rings. The lowest BCUT2D eigenvalue weighted by atomic mass is 10.0. The number of hydrogen-bond donors (Lipinski definition) is 0. The Hall–Kier alpha value is -7.87. The molecule has 0 spiro atoms. The number of fused-ring (bicyclic) bond motifs is 7. The zero-order valence-electron chi connectivity index (χ0n) is 28.7. The number of rotatable bonds is 5. The quantitative estimate of drug-likeness (QED) is 0.179. The Kier molecular flexibility index (Phi) is 7.11. The van der Waals surface area contributed by atoms with Crippen molar-refractivity contribution in [2.45, 2.75) is 0 Å². The summed E-state index contributed by atoms with van der Waals surface area (Å²) in [5.41, 5.74) is 8.59. The van der Waals surface area contributed by atoms with E-state index in [1.54, 1.807) is 12.1 Å². The molecule has 7 nitrogen and oxygen atoms in total. The Bertz CT molecular complexity index is 3110. The highest BCUT2D eigenvalue weighted by Gasteiger charge is 2.23. The highest BCUT2D eigenvalue weighted by atomic mass is 15.0. The third kappa shape index (κ3) is 4.77. The van der Waals surface area contributed by atoms with Crippen LogP contribution in [0, 0.1) is 22.7 Å². The van der Waals surface area contributed by atoms with Gasteiger partial charge in [-0.1, -0.05) is 115 Å². The van der Waals surface area contributed by atoms with Crippen LogP contribution in [0.1, 0.15) is 11.1 Å². The van der Waals surface area contributed by atoms with Gasteiger partial charge in [0.05, 0.1) is 45.0 Å². The van der Waals surface area contributed by atoms with Crippen molar-refractivity contribution in [1.82, 2.24) is 24.1 Å². The summed E-state index contributed by atoms with van der Waals surface area (Å²) in [6.07, 6.45) is 0. The fourth-order valence-electron chi connectivity index (χ4n) is 7.70. The van der Waals surface area contributed by atoms with Gasteiger partial charge in [0.15, 0.2) is 17.5 Å². The second-order valence-electron chi connectivity index (χ2n) is 13.1. The van der Waals surface area contributed by atoms with Crippen LogP contribution in [-0.2, 0) is 0 Å². The lowest BCUT2D eigenvalue weighted by Crippen LogP contribution is -2.04. The summed E-state index contributed by atoms with van der Waals surface area (Å²) in [6.45, 7) is 0. The molecule has 0 aliphatic heterocycles. The maximum Gasteiger partial charge on any atom is 0.165 e. The molecule has 250 valence electrons. The SMILES string of the molecule is N#Cc1cc(-n2c3ccccc3c3c4c5ccccc5n(-c5ccccc5)c4ccc32)c(C#N)cc1-c1nc(-c2ccccc2)nc(-c2ccccc2)n1. The van der Waals surface area contributed by atoms with Gasteiger partial charge in [-0.2, -0.15) is 10.5 Å². The molecule has 0 bridgehead atoms. The van der Waals surface area contributed by atoms with Crippen molar-refractivity contribution in [3.63, 3.8) is 0 Å². The molecule has 3 aromatic heterocycles. The van der Waals surface area contributed by atoms with Crippen LogP contribution < -0.4 is 0 Å². The van der Waals surface area contributed by atoms with Crippen LogP contribution >= 0.6 is 0 Å². The van der Waals surface area contributed by atoms with Crippen LogP contribution in [0.4, 0.5) is 0 Å². The monoisotopic (exact) mass is 689 g/mol. The summed E-state index contributed by atoms with van der Waals surface area (Å²) in [5, 5.41) is 25.9. The van der Waals surface area contributed by atoms with E-state index in [1.807, 2.05) is 78.9 Å². The minimum atomic E-state index is 0.319. The van der Waals surface area contributed by atoms with E-state index in [2.05, 4.69) is 94.1 Å². The summed E-state index contributed by atoms with van der Waals surface area (Å²) in [6, 6.07) is 59.2. The fraction of sp³-hybridized carbons (Fsp3) is 0. The maximum atomic E-state index is 10.8. The molecule has 0 atom stereocenters. The first-order valence-corrected chi connectivity index (χ1v) is 17.6. The van der Waals surface area contributed by atoms with Crippen LogP contribution in [0.15, 0.2) is 164 Å². The van der Waals surface area contributed by atoms with E-state index in [-0.39, 0.29) is 0 Å². The van der Waals surface area contributed by atoms with Crippen molar-refractivity contribution in [1.29, 1.82) is 10.5 Å². The van der Waals surface area contributed by atoms with Gasteiger partial charge in [0.25, 0.3) is 0 Å². The average molecular weight is 690 g/mol. The lowest BCUT2D eigenvalue weighted by molar-refractivity contribution is 1.07. The Labute approximate surface area is 309 Å². The molecule has 0 fully saturated rings. The highest BCUT2D eigenvalue weighted by Crippen LogP contribution is 2.43. The highest BCUT2D eigenvalue weighted by molar-refractivity contribution is 6.29. The summed E-state index contributed by atoms with van der Waals surface area (Å²) >= 11 is 0. The lowest BCUT2D eigenvalue weighted by Gasteiger charge is -2.14. The van der Waals surface area contributed by atoms with Crippen LogP contribution in [0.2, 0.25) is 0 Å². The molecular formula is C47H27N7. The Morgan fingerprint density at radius 3 is 1.43 bits per heavy atom. The van der Waals surface area contributed by atoms with Crippen LogP contribution in [0.3, 0.4) is 0 Å². The van der Waals surface area contributed by atoms with E-state index in [0.717, 1.165) is 60.4 Å². The van der Waals surface area contributed by atoms with Crippen LogP contribution in [0.5, 0.6) is 0 Å². The summed E-state index contributed by atoms with van der Waals surface area (Å²) in [4.78, 5) is 14.6. The number of para-hydroxylation sites is 3. The van der Waals surface area contributed by atoms with Gasteiger partial charge < -0.3 is 9.13 Å². The normalized spacial score (nSPS) is 11.3. The van der Waals surface area contributed by atoms with Gasteiger partial charge in [-0.15, -0.1) is 0 Å². The zero-order valence-corrected chi connectivity index (χ0v) is 28.7. The number of nitriles is 2. The van der Waals surface area contributed by atoms with Crippen molar-refractivity contribution < 1.29 is 0 Å². The van der Waals surface area contributed by atoms with E-state index >= 15 is 0 Å². The largest absolute Gasteiger partial charge is 0.309 e. The smallest absolute Gasteiger partial charge is 0.165 e.